The topological polar surface area (TPSA) is 49.7 Å². The molecule has 0 amide bonds. The zero-order valence-corrected chi connectivity index (χ0v) is 14.3. The quantitative estimate of drug-likeness (QED) is 0.622. The normalized spacial score (nSPS) is 12.3. The molecular weight excluding hydrogens is 343 g/mol. The maximum atomic E-state index is 12.4. The zero-order chi connectivity index (χ0) is 16.3. The van der Waals surface area contributed by atoms with Crippen molar-refractivity contribution in [3.63, 3.8) is 0 Å². The van der Waals surface area contributed by atoms with Gasteiger partial charge < -0.3 is 4.90 Å². The van der Waals surface area contributed by atoms with Crippen molar-refractivity contribution in [3.8, 4) is 0 Å². The molecule has 0 aromatic heterocycles. The van der Waals surface area contributed by atoms with Gasteiger partial charge in [-0.1, -0.05) is 23.2 Å². The predicted octanol–water partition coefficient (Wildman–Crippen LogP) is 3.69. The lowest BCUT2D eigenvalue weighted by molar-refractivity contribution is 0.592. The first-order valence-electron chi connectivity index (χ1n) is 6.33. The molecule has 7 heteroatoms. The molecule has 0 saturated heterocycles. The van der Waals surface area contributed by atoms with E-state index in [1.807, 2.05) is 0 Å². The molecule has 0 radical (unpaired) electrons. The average Bonchev–Trinajstić information content (AvgIpc) is 2.46. The maximum Gasteiger partial charge on any atom is 0.284 e. The minimum atomic E-state index is -3.82. The Labute approximate surface area is 140 Å². The van der Waals surface area contributed by atoms with Gasteiger partial charge in [0.2, 0.25) is 0 Å². The molecule has 2 rings (SSSR count). The van der Waals surface area contributed by atoms with E-state index in [-0.39, 0.29) is 4.90 Å². The van der Waals surface area contributed by atoms with E-state index in [9.17, 15) is 8.42 Å². The number of sulfonamides is 1. The van der Waals surface area contributed by atoms with E-state index >= 15 is 0 Å². The van der Waals surface area contributed by atoms with Gasteiger partial charge in [0.15, 0.2) is 0 Å². The Bertz CT molecular complexity index is 783. The Morgan fingerprint density at radius 1 is 0.909 bits per heavy atom. The second-order valence-corrected chi connectivity index (χ2v) is 7.22. The predicted molar refractivity (Wildman–Crippen MR) is 90.3 cm³/mol. The van der Waals surface area contributed by atoms with Crippen LogP contribution in [0, 0.1) is 0 Å². The molecule has 0 saturated carbocycles. The van der Waals surface area contributed by atoms with Crippen LogP contribution in [0.15, 0.2) is 57.8 Å². The van der Waals surface area contributed by atoms with Crippen molar-refractivity contribution in [2.45, 2.75) is 4.90 Å². The second-order valence-electron chi connectivity index (χ2n) is 4.75. The molecule has 0 bridgehead atoms. The van der Waals surface area contributed by atoms with Gasteiger partial charge in [-0.05, 0) is 48.5 Å². The Morgan fingerprint density at radius 2 is 1.36 bits per heavy atom. The zero-order valence-electron chi connectivity index (χ0n) is 12.0. The Hall–Kier alpha value is -1.56. The standard InChI is InChI=1S/C15H14Cl2N2O2S/c1-19(2)15(11-3-5-12(16)6-4-11)18-22(20,21)14-9-7-13(17)8-10-14/h3-10H,1-2H3/b18-15-. The van der Waals surface area contributed by atoms with Gasteiger partial charge in [-0.25, -0.2) is 0 Å². The Kier molecular flexibility index (Phi) is 5.11. The molecule has 0 aliphatic heterocycles. The van der Waals surface area contributed by atoms with Gasteiger partial charge in [-0.2, -0.15) is 8.42 Å². The molecule has 0 atom stereocenters. The summed E-state index contributed by atoms with van der Waals surface area (Å²) in [5.74, 6) is 0.326. The summed E-state index contributed by atoms with van der Waals surface area (Å²) >= 11 is 11.6. The van der Waals surface area contributed by atoms with Crippen molar-refractivity contribution in [2.24, 2.45) is 4.40 Å². The van der Waals surface area contributed by atoms with Gasteiger partial charge in [0.1, 0.15) is 5.84 Å². The summed E-state index contributed by atoms with van der Waals surface area (Å²) < 4.78 is 28.8. The summed E-state index contributed by atoms with van der Waals surface area (Å²) in [6, 6.07) is 12.7. The average molecular weight is 357 g/mol. The van der Waals surface area contributed by atoms with Gasteiger partial charge in [-0.3, -0.25) is 0 Å². The highest BCUT2D eigenvalue weighted by Gasteiger charge is 2.16. The van der Waals surface area contributed by atoms with Crippen molar-refractivity contribution in [1.82, 2.24) is 4.90 Å². The molecule has 0 aliphatic carbocycles. The van der Waals surface area contributed by atoms with Crippen LogP contribution in [0.1, 0.15) is 5.56 Å². The van der Waals surface area contributed by atoms with E-state index in [0.29, 0.717) is 21.4 Å². The highest BCUT2D eigenvalue weighted by molar-refractivity contribution is 7.90. The fourth-order valence-electron chi connectivity index (χ4n) is 1.76. The van der Waals surface area contributed by atoms with Gasteiger partial charge in [0.05, 0.1) is 4.90 Å². The van der Waals surface area contributed by atoms with E-state index in [4.69, 9.17) is 23.2 Å². The highest BCUT2D eigenvalue weighted by Crippen LogP contribution is 2.18. The third-order valence-electron chi connectivity index (χ3n) is 2.84. The van der Waals surface area contributed by atoms with Crippen LogP contribution < -0.4 is 0 Å². The fourth-order valence-corrected chi connectivity index (χ4v) is 3.10. The smallest absolute Gasteiger partial charge is 0.284 e. The number of halogens is 2. The van der Waals surface area contributed by atoms with Crippen LogP contribution in [-0.2, 0) is 10.0 Å². The first kappa shape index (κ1) is 16.8. The molecule has 0 aliphatic rings. The molecule has 116 valence electrons. The summed E-state index contributed by atoms with van der Waals surface area (Å²) in [4.78, 5) is 1.72. The molecule has 0 unspecified atom stereocenters. The number of hydrogen-bond acceptors (Lipinski definition) is 2. The monoisotopic (exact) mass is 356 g/mol. The molecule has 4 nitrogen and oxygen atoms in total. The number of hydrogen-bond donors (Lipinski definition) is 0. The van der Waals surface area contributed by atoms with Gasteiger partial charge >= 0.3 is 0 Å². The molecule has 2 aromatic rings. The summed E-state index contributed by atoms with van der Waals surface area (Å²) in [5, 5.41) is 1.04. The van der Waals surface area contributed by atoms with Crippen molar-refractivity contribution in [2.75, 3.05) is 14.1 Å². The van der Waals surface area contributed by atoms with Crippen molar-refractivity contribution < 1.29 is 8.42 Å². The minimum absolute atomic E-state index is 0.0882. The number of amidine groups is 1. The number of benzene rings is 2. The lowest BCUT2D eigenvalue weighted by Gasteiger charge is -2.16. The van der Waals surface area contributed by atoms with Crippen LogP contribution in [0.5, 0.6) is 0 Å². The van der Waals surface area contributed by atoms with E-state index in [2.05, 4.69) is 4.40 Å². The number of nitrogens with zero attached hydrogens (tertiary/aromatic N) is 2. The van der Waals surface area contributed by atoms with Crippen LogP contribution in [0.4, 0.5) is 0 Å². The van der Waals surface area contributed by atoms with Crippen molar-refractivity contribution in [1.29, 1.82) is 0 Å². The summed E-state index contributed by atoms with van der Waals surface area (Å²) in [6.45, 7) is 0. The van der Waals surface area contributed by atoms with Crippen LogP contribution in [-0.4, -0.2) is 33.2 Å². The molecule has 2 aromatic carbocycles. The third kappa shape index (κ3) is 4.00. The molecule has 22 heavy (non-hydrogen) atoms. The van der Waals surface area contributed by atoms with Crippen LogP contribution in [0.25, 0.3) is 0 Å². The Balaban J connectivity index is 2.49. The molecule has 0 spiro atoms. The van der Waals surface area contributed by atoms with Gasteiger partial charge in [0, 0.05) is 29.7 Å². The SMILES string of the molecule is CN(C)/C(=N\S(=O)(=O)c1ccc(Cl)cc1)c1ccc(Cl)cc1. The van der Waals surface area contributed by atoms with E-state index in [0.717, 1.165) is 0 Å². The fraction of sp³-hybridized carbons (Fsp3) is 0.133. The van der Waals surface area contributed by atoms with Crippen LogP contribution in [0.2, 0.25) is 10.0 Å². The Morgan fingerprint density at radius 3 is 1.82 bits per heavy atom. The lowest BCUT2D eigenvalue weighted by atomic mass is 10.2. The van der Waals surface area contributed by atoms with Gasteiger partial charge in [-0.15, -0.1) is 4.40 Å². The van der Waals surface area contributed by atoms with Crippen LogP contribution >= 0.6 is 23.2 Å². The first-order chi connectivity index (χ1) is 10.3. The molecule has 0 heterocycles. The highest BCUT2D eigenvalue weighted by atomic mass is 35.5. The van der Waals surface area contributed by atoms with E-state index in [1.54, 1.807) is 43.3 Å². The summed E-state index contributed by atoms with van der Waals surface area (Å²) in [5.41, 5.74) is 0.659. The van der Waals surface area contributed by atoms with Crippen LogP contribution in [0.3, 0.4) is 0 Å². The van der Waals surface area contributed by atoms with Crippen molar-refractivity contribution >= 4 is 39.1 Å². The molecular formula is C15H14Cl2N2O2S. The third-order valence-corrected chi connectivity index (χ3v) is 4.63. The van der Waals surface area contributed by atoms with E-state index < -0.39 is 10.0 Å². The summed E-state index contributed by atoms with van der Waals surface area (Å²) in [7, 11) is -0.371. The molecule has 0 fully saturated rings. The minimum Gasteiger partial charge on any atom is -0.362 e. The van der Waals surface area contributed by atoms with Gasteiger partial charge in [0.25, 0.3) is 10.0 Å². The van der Waals surface area contributed by atoms with E-state index in [1.165, 1.54) is 24.3 Å². The summed E-state index contributed by atoms with van der Waals surface area (Å²) in [6.07, 6.45) is 0. The second kappa shape index (κ2) is 6.69. The number of rotatable bonds is 3. The van der Waals surface area contributed by atoms with Crippen molar-refractivity contribution in [3.05, 3.63) is 64.1 Å². The lowest BCUT2D eigenvalue weighted by Crippen LogP contribution is -2.24. The first-order valence-corrected chi connectivity index (χ1v) is 8.53. The largest absolute Gasteiger partial charge is 0.362 e. The maximum absolute atomic E-state index is 12.4. The molecule has 0 N–H and O–H groups in total.